The molecule has 0 aliphatic rings. The summed E-state index contributed by atoms with van der Waals surface area (Å²) >= 11 is 9.55. The second kappa shape index (κ2) is 7.77. The van der Waals surface area contributed by atoms with Crippen LogP contribution in [0.2, 0.25) is 5.02 Å². The Morgan fingerprint density at radius 2 is 2.00 bits per heavy atom. The summed E-state index contributed by atoms with van der Waals surface area (Å²) in [6.45, 7) is 2.90. The van der Waals surface area contributed by atoms with Crippen molar-refractivity contribution < 1.29 is 4.79 Å². The van der Waals surface area contributed by atoms with Crippen molar-refractivity contribution in [1.29, 1.82) is 0 Å². The molecule has 1 N–H and O–H groups in total. The number of hydrogen-bond acceptors (Lipinski definition) is 2. The van der Waals surface area contributed by atoms with Crippen molar-refractivity contribution in [3.8, 4) is 0 Å². The third-order valence-electron chi connectivity index (χ3n) is 3.27. The predicted octanol–water partition coefficient (Wildman–Crippen LogP) is 4.48. The molecule has 2 rings (SSSR count). The highest BCUT2D eigenvalue weighted by atomic mass is 79.9. The van der Waals surface area contributed by atoms with E-state index in [0.717, 1.165) is 26.3 Å². The lowest BCUT2D eigenvalue weighted by Gasteiger charge is -2.17. The highest BCUT2D eigenvalue weighted by Gasteiger charge is 2.10. The van der Waals surface area contributed by atoms with Gasteiger partial charge in [-0.2, -0.15) is 0 Å². The third kappa shape index (κ3) is 4.83. The topological polar surface area (TPSA) is 32.3 Å². The van der Waals surface area contributed by atoms with Crippen LogP contribution in [-0.2, 0) is 11.3 Å². The molecule has 0 fully saturated rings. The summed E-state index contributed by atoms with van der Waals surface area (Å²) in [5.41, 5.74) is 2.87. The van der Waals surface area contributed by atoms with Gasteiger partial charge < -0.3 is 5.32 Å². The number of likely N-dealkylation sites (N-methyl/N-ethyl adjacent to an activating group) is 1. The Kier molecular flexibility index (Phi) is 6.00. The van der Waals surface area contributed by atoms with Crippen molar-refractivity contribution >= 4 is 39.1 Å². The van der Waals surface area contributed by atoms with E-state index in [1.807, 2.05) is 61.3 Å². The van der Waals surface area contributed by atoms with Gasteiger partial charge >= 0.3 is 0 Å². The van der Waals surface area contributed by atoms with Crippen molar-refractivity contribution in [2.45, 2.75) is 13.5 Å². The molecule has 22 heavy (non-hydrogen) atoms. The summed E-state index contributed by atoms with van der Waals surface area (Å²) in [5, 5.41) is 3.66. The third-order valence-corrected chi connectivity index (χ3v) is 4.14. The molecule has 0 radical (unpaired) electrons. The van der Waals surface area contributed by atoms with Crippen LogP contribution in [0.3, 0.4) is 0 Å². The summed E-state index contributed by atoms with van der Waals surface area (Å²) in [4.78, 5) is 14.1. The zero-order valence-corrected chi connectivity index (χ0v) is 14.9. The van der Waals surface area contributed by atoms with Crippen LogP contribution < -0.4 is 5.32 Å². The standard InChI is InChI=1S/C17H18BrClN2O/c1-12-9-14(18)7-8-16(12)20-17(22)11-21(2)10-13-5-3-4-6-15(13)19/h3-9H,10-11H2,1-2H3,(H,20,22). The van der Waals surface area contributed by atoms with Crippen LogP contribution in [0, 0.1) is 6.92 Å². The monoisotopic (exact) mass is 380 g/mol. The van der Waals surface area contributed by atoms with Crippen LogP contribution >= 0.6 is 27.5 Å². The molecule has 0 unspecified atom stereocenters. The summed E-state index contributed by atoms with van der Waals surface area (Å²) in [7, 11) is 1.90. The zero-order chi connectivity index (χ0) is 16.1. The van der Waals surface area contributed by atoms with Gasteiger partial charge in [-0.15, -0.1) is 0 Å². The summed E-state index contributed by atoms with van der Waals surface area (Å²) in [6, 6.07) is 13.4. The molecular weight excluding hydrogens is 364 g/mol. The molecule has 0 aliphatic carbocycles. The van der Waals surface area contributed by atoms with Crippen LogP contribution in [0.1, 0.15) is 11.1 Å². The second-order valence-electron chi connectivity index (χ2n) is 5.27. The van der Waals surface area contributed by atoms with Gasteiger partial charge in [0.25, 0.3) is 0 Å². The Hall–Kier alpha value is -1.36. The number of carbonyl (C=O) groups excluding carboxylic acids is 1. The maximum Gasteiger partial charge on any atom is 0.238 e. The van der Waals surface area contributed by atoms with Crippen molar-refractivity contribution in [3.05, 3.63) is 63.1 Å². The number of hydrogen-bond donors (Lipinski definition) is 1. The minimum Gasteiger partial charge on any atom is -0.325 e. The van der Waals surface area contributed by atoms with Crippen molar-refractivity contribution in [2.75, 3.05) is 18.9 Å². The molecule has 0 aromatic heterocycles. The fourth-order valence-electron chi connectivity index (χ4n) is 2.18. The summed E-state index contributed by atoms with van der Waals surface area (Å²) in [6.07, 6.45) is 0. The Labute approximate surface area is 144 Å². The largest absolute Gasteiger partial charge is 0.325 e. The van der Waals surface area contributed by atoms with Crippen LogP contribution in [0.25, 0.3) is 0 Å². The fourth-order valence-corrected chi connectivity index (χ4v) is 2.85. The molecule has 0 saturated heterocycles. The molecule has 2 aromatic carbocycles. The van der Waals surface area contributed by atoms with E-state index < -0.39 is 0 Å². The number of halogens is 2. The molecule has 3 nitrogen and oxygen atoms in total. The van der Waals surface area contributed by atoms with E-state index in [-0.39, 0.29) is 5.91 Å². The Morgan fingerprint density at radius 3 is 2.68 bits per heavy atom. The minimum atomic E-state index is -0.0417. The maximum absolute atomic E-state index is 12.1. The first-order chi connectivity index (χ1) is 10.5. The number of nitrogens with one attached hydrogen (secondary N) is 1. The van der Waals surface area contributed by atoms with Crippen LogP contribution in [-0.4, -0.2) is 24.4 Å². The molecule has 2 aromatic rings. The van der Waals surface area contributed by atoms with Gasteiger partial charge in [0.1, 0.15) is 0 Å². The highest BCUT2D eigenvalue weighted by molar-refractivity contribution is 9.10. The van der Waals surface area contributed by atoms with Gasteiger partial charge in [0.15, 0.2) is 0 Å². The minimum absolute atomic E-state index is 0.0417. The van der Waals surface area contributed by atoms with Crippen molar-refractivity contribution in [1.82, 2.24) is 4.90 Å². The first kappa shape index (κ1) is 17.0. The van der Waals surface area contributed by atoms with Crippen LogP contribution in [0.4, 0.5) is 5.69 Å². The average Bonchev–Trinajstić information content (AvgIpc) is 2.44. The number of carbonyl (C=O) groups is 1. The lowest BCUT2D eigenvalue weighted by Crippen LogP contribution is -2.30. The summed E-state index contributed by atoms with van der Waals surface area (Å²) < 4.78 is 0.999. The number of amides is 1. The fraction of sp³-hybridized carbons (Fsp3) is 0.235. The van der Waals surface area contributed by atoms with Crippen LogP contribution in [0.5, 0.6) is 0 Å². The van der Waals surface area contributed by atoms with Crippen molar-refractivity contribution in [3.63, 3.8) is 0 Å². The second-order valence-corrected chi connectivity index (χ2v) is 6.59. The van der Waals surface area contributed by atoms with Gasteiger partial charge in [-0.3, -0.25) is 9.69 Å². The number of aryl methyl sites for hydroxylation is 1. The molecule has 0 atom stereocenters. The van der Waals surface area contributed by atoms with E-state index in [4.69, 9.17) is 11.6 Å². The lowest BCUT2D eigenvalue weighted by atomic mass is 10.2. The molecule has 0 heterocycles. The lowest BCUT2D eigenvalue weighted by molar-refractivity contribution is -0.117. The van der Waals surface area contributed by atoms with Gasteiger partial charge in [-0.05, 0) is 49.4 Å². The maximum atomic E-state index is 12.1. The molecule has 5 heteroatoms. The van der Waals surface area contributed by atoms with Gasteiger partial charge in [0.2, 0.25) is 5.91 Å². The Bertz CT molecular complexity index is 675. The highest BCUT2D eigenvalue weighted by Crippen LogP contribution is 2.20. The molecule has 1 amide bonds. The summed E-state index contributed by atoms with van der Waals surface area (Å²) in [5.74, 6) is -0.0417. The van der Waals surface area contributed by atoms with E-state index in [9.17, 15) is 4.79 Å². The van der Waals surface area contributed by atoms with E-state index in [2.05, 4.69) is 21.2 Å². The average molecular weight is 382 g/mol. The van der Waals surface area contributed by atoms with Gasteiger partial charge in [-0.25, -0.2) is 0 Å². The molecule has 0 spiro atoms. The van der Waals surface area contributed by atoms with E-state index in [1.54, 1.807) is 0 Å². The molecule has 0 aliphatic heterocycles. The molecule has 116 valence electrons. The van der Waals surface area contributed by atoms with Crippen molar-refractivity contribution in [2.24, 2.45) is 0 Å². The van der Waals surface area contributed by atoms with Crippen LogP contribution in [0.15, 0.2) is 46.9 Å². The van der Waals surface area contributed by atoms with Gasteiger partial charge in [-0.1, -0.05) is 45.7 Å². The predicted molar refractivity (Wildman–Crippen MR) is 95.3 cm³/mol. The van der Waals surface area contributed by atoms with E-state index in [1.165, 1.54) is 0 Å². The zero-order valence-electron chi connectivity index (χ0n) is 12.6. The van der Waals surface area contributed by atoms with E-state index in [0.29, 0.717) is 13.1 Å². The number of anilines is 1. The number of benzene rings is 2. The number of nitrogens with zero attached hydrogens (tertiary/aromatic N) is 1. The first-order valence-electron chi connectivity index (χ1n) is 6.93. The van der Waals surface area contributed by atoms with E-state index >= 15 is 0 Å². The number of rotatable bonds is 5. The van der Waals surface area contributed by atoms with Gasteiger partial charge in [0, 0.05) is 21.7 Å². The molecule has 0 bridgehead atoms. The Balaban J connectivity index is 1.93. The molecular formula is C17H18BrClN2O. The van der Waals surface area contributed by atoms with Gasteiger partial charge in [0.05, 0.1) is 6.54 Å². The first-order valence-corrected chi connectivity index (χ1v) is 8.11. The quantitative estimate of drug-likeness (QED) is 0.828. The Morgan fingerprint density at radius 1 is 1.27 bits per heavy atom. The normalized spacial score (nSPS) is 10.8. The smallest absolute Gasteiger partial charge is 0.238 e. The molecule has 0 saturated carbocycles. The SMILES string of the molecule is Cc1cc(Br)ccc1NC(=O)CN(C)Cc1ccccc1Cl.